The summed E-state index contributed by atoms with van der Waals surface area (Å²) in [6.07, 6.45) is 1.30. The first kappa shape index (κ1) is 12.3. The van der Waals surface area contributed by atoms with Crippen LogP contribution >= 0.6 is 0 Å². The summed E-state index contributed by atoms with van der Waals surface area (Å²) < 4.78 is 5.29. The van der Waals surface area contributed by atoms with Gasteiger partial charge in [-0.15, -0.1) is 0 Å². The minimum atomic E-state index is -0.763. The third kappa shape index (κ3) is 1.99. The fourth-order valence-electron chi connectivity index (χ4n) is 2.85. The second-order valence-corrected chi connectivity index (χ2v) is 6.25. The van der Waals surface area contributed by atoms with Crippen molar-refractivity contribution < 1.29 is 9.84 Å². The van der Waals surface area contributed by atoms with Crippen LogP contribution in [0.15, 0.2) is 0 Å². The molecular weight excluding hydrogens is 204 g/mol. The number of hydrogen-bond acceptors (Lipinski definition) is 4. The van der Waals surface area contributed by atoms with Gasteiger partial charge < -0.3 is 15.6 Å². The fraction of sp³-hybridized carbons (Fsp3) is 1.00. The summed E-state index contributed by atoms with van der Waals surface area (Å²) in [4.78, 5) is 2.48. The molecule has 3 N–H and O–H groups in total. The van der Waals surface area contributed by atoms with Crippen molar-refractivity contribution in [3.63, 3.8) is 0 Å². The van der Waals surface area contributed by atoms with Crippen LogP contribution in [-0.4, -0.2) is 47.6 Å². The summed E-state index contributed by atoms with van der Waals surface area (Å²) in [5, 5.41) is 9.58. The first-order valence-electron chi connectivity index (χ1n) is 6.15. The van der Waals surface area contributed by atoms with Gasteiger partial charge in [0, 0.05) is 11.0 Å². The van der Waals surface area contributed by atoms with Gasteiger partial charge in [0.2, 0.25) is 0 Å². The second kappa shape index (κ2) is 3.95. The first-order chi connectivity index (χ1) is 7.35. The van der Waals surface area contributed by atoms with Crippen molar-refractivity contribution in [1.29, 1.82) is 0 Å². The maximum absolute atomic E-state index is 9.58. The lowest BCUT2D eigenvalue weighted by molar-refractivity contribution is -0.0665. The van der Waals surface area contributed by atoms with Gasteiger partial charge in [-0.2, -0.15) is 0 Å². The van der Waals surface area contributed by atoms with Crippen LogP contribution in [0.5, 0.6) is 0 Å². The van der Waals surface area contributed by atoms with Gasteiger partial charge in [-0.05, 0) is 46.7 Å². The van der Waals surface area contributed by atoms with Gasteiger partial charge in [-0.3, -0.25) is 4.90 Å². The number of nitrogens with two attached hydrogens (primary N) is 1. The third-order valence-corrected chi connectivity index (χ3v) is 4.26. The minimum Gasteiger partial charge on any atom is -0.367 e. The molecule has 2 saturated heterocycles. The fourth-order valence-corrected chi connectivity index (χ4v) is 2.85. The number of hydrogen-bond donors (Lipinski definition) is 2. The summed E-state index contributed by atoms with van der Waals surface area (Å²) in [6, 6.07) is -0.213. The highest BCUT2D eigenvalue weighted by Crippen LogP contribution is 2.41. The van der Waals surface area contributed by atoms with Crippen molar-refractivity contribution >= 4 is 0 Å². The Bertz CT molecular complexity index is 254. The molecule has 2 atom stereocenters. The van der Waals surface area contributed by atoms with Crippen molar-refractivity contribution in [1.82, 2.24) is 4.90 Å². The number of piperidine rings is 1. The van der Waals surface area contributed by atoms with E-state index in [0.29, 0.717) is 6.61 Å². The monoisotopic (exact) mass is 228 g/mol. The second-order valence-electron chi connectivity index (χ2n) is 6.25. The van der Waals surface area contributed by atoms with Crippen LogP contribution in [0.25, 0.3) is 0 Å². The van der Waals surface area contributed by atoms with E-state index in [0.717, 1.165) is 25.9 Å². The lowest BCUT2D eigenvalue weighted by atomic mass is 9.74. The maximum atomic E-state index is 9.58. The lowest BCUT2D eigenvalue weighted by Crippen LogP contribution is -2.54. The van der Waals surface area contributed by atoms with E-state index in [1.165, 1.54) is 0 Å². The molecule has 0 aliphatic carbocycles. The molecular formula is C12H24N2O2. The molecule has 2 heterocycles. The molecule has 0 aromatic carbocycles. The number of aliphatic hydroxyl groups excluding tert-OH is 1. The zero-order valence-electron chi connectivity index (χ0n) is 10.6. The Morgan fingerprint density at radius 3 is 2.25 bits per heavy atom. The van der Waals surface area contributed by atoms with E-state index >= 15 is 0 Å². The first-order valence-corrected chi connectivity index (χ1v) is 6.15. The van der Waals surface area contributed by atoms with E-state index in [1.807, 2.05) is 0 Å². The van der Waals surface area contributed by atoms with Gasteiger partial charge in [0.15, 0.2) is 6.29 Å². The molecule has 1 spiro atoms. The molecule has 0 aromatic heterocycles. The van der Waals surface area contributed by atoms with E-state index in [9.17, 15) is 5.11 Å². The zero-order valence-corrected chi connectivity index (χ0v) is 10.6. The molecule has 0 aromatic rings. The average molecular weight is 228 g/mol. The van der Waals surface area contributed by atoms with Gasteiger partial charge in [0.25, 0.3) is 0 Å². The molecule has 2 aliphatic rings. The lowest BCUT2D eigenvalue weighted by Gasteiger charge is -2.46. The van der Waals surface area contributed by atoms with E-state index in [1.54, 1.807) is 0 Å². The van der Waals surface area contributed by atoms with Crippen LogP contribution in [0.1, 0.15) is 33.6 Å². The molecule has 2 rings (SSSR count). The molecule has 0 radical (unpaired) electrons. The summed E-state index contributed by atoms with van der Waals surface area (Å²) in [6.45, 7) is 9.44. The minimum absolute atomic E-state index is 0.0150. The summed E-state index contributed by atoms with van der Waals surface area (Å²) >= 11 is 0. The smallest absolute Gasteiger partial charge is 0.170 e. The van der Waals surface area contributed by atoms with Crippen LogP contribution in [0.3, 0.4) is 0 Å². The average Bonchev–Trinajstić information content (AvgIpc) is 2.47. The van der Waals surface area contributed by atoms with Crippen LogP contribution in [0.4, 0.5) is 0 Å². The Balaban J connectivity index is 2.00. The quantitative estimate of drug-likeness (QED) is 0.635. The van der Waals surface area contributed by atoms with E-state index in [4.69, 9.17) is 10.5 Å². The van der Waals surface area contributed by atoms with Gasteiger partial charge in [-0.1, -0.05) is 0 Å². The van der Waals surface area contributed by atoms with Crippen molar-refractivity contribution in [2.24, 2.45) is 11.1 Å². The van der Waals surface area contributed by atoms with Crippen LogP contribution in [-0.2, 0) is 4.74 Å². The Morgan fingerprint density at radius 1 is 1.31 bits per heavy atom. The van der Waals surface area contributed by atoms with Gasteiger partial charge in [-0.25, -0.2) is 0 Å². The third-order valence-electron chi connectivity index (χ3n) is 4.26. The normalized spacial score (nSPS) is 35.8. The van der Waals surface area contributed by atoms with E-state index in [2.05, 4.69) is 25.7 Å². The van der Waals surface area contributed by atoms with Gasteiger partial charge in [0.1, 0.15) is 0 Å². The molecule has 2 fully saturated rings. The van der Waals surface area contributed by atoms with Crippen LogP contribution in [0.2, 0.25) is 0 Å². The molecule has 0 saturated carbocycles. The Morgan fingerprint density at radius 2 is 1.88 bits per heavy atom. The molecule has 0 bridgehead atoms. The Labute approximate surface area is 97.7 Å². The number of likely N-dealkylation sites (tertiary alicyclic amines) is 1. The van der Waals surface area contributed by atoms with Gasteiger partial charge in [0.05, 0.1) is 12.6 Å². The standard InChI is InChI=1S/C12H24N2O2/c1-11(2,3)14-6-4-12(5-7-14)8-16-10(15)9(12)13/h9-10,15H,4-8,13H2,1-3H3/t9-,10?/m0/s1. The van der Waals surface area contributed by atoms with Crippen molar-refractivity contribution in [3.8, 4) is 0 Å². The predicted molar refractivity (Wildman–Crippen MR) is 62.9 cm³/mol. The van der Waals surface area contributed by atoms with Crippen LogP contribution in [0, 0.1) is 5.41 Å². The molecule has 4 heteroatoms. The maximum Gasteiger partial charge on any atom is 0.170 e. The summed E-state index contributed by atoms with van der Waals surface area (Å²) in [7, 11) is 0. The number of nitrogens with zero attached hydrogens (tertiary/aromatic N) is 1. The number of rotatable bonds is 0. The molecule has 94 valence electrons. The summed E-state index contributed by atoms with van der Waals surface area (Å²) in [5.74, 6) is 0. The summed E-state index contributed by atoms with van der Waals surface area (Å²) in [5.41, 5.74) is 6.29. The Hall–Kier alpha value is -0.160. The predicted octanol–water partition coefficient (Wildman–Crippen LogP) is 0.543. The SMILES string of the molecule is CC(C)(C)N1CCC2(CC1)COC(O)[C@@H]2N. The number of aliphatic hydroxyl groups is 1. The molecule has 4 nitrogen and oxygen atoms in total. The highest BCUT2D eigenvalue weighted by atomic mass is 16.6. The van der Waals surface area contributed by atoms with Crippen LogP contribution < -0.4 is 5.73 Å². The van der Waals surface area contributed by atoms with Gasteiger partial charge >= 0.3 is 0 Å². The zero-order chi connectivity index (χ0) is 12.0. The van der Waals surface area contributed by atoms with E-state index in [-0.39, 0.29) is 17.0 Å². The highest BCUT2D eigenvalue weighted by molar-refractivity contribution is 5.00. The highest BCUT2D eigenvalue weighted by Gasteiger charge is 2.49. The van der Waals surface area contributed by atoms with Crippen molar-refractivity contribution in [2.45, 2.75) is 51.5 Å². The Kier molecular flexibility index (Phi) is 3.03. The molecule has 16 heavy (non-hydrogen) atoms. The molecule has 0 amide bonds. The number of ether oxygens (including phenoxy) is 1. The molecule has 1 unspecified atom stereocenters. The topological polar surface area (TPSA) is 58.7 Å². The van der Waals surface area contributed by atoms with E-state index < -0.39 is 6.29 Å². The largest absolute Gasteiger partial charge is 0.367 e. The van der Waals surface area contributed by atoms with Crippen molar-refractivity contribution in [2.75, 3.05) is 19.7 Å². The van der Waals surface area contributed by atoms with Crippen molar-refractivity contribution in [3.05, 3.63) is 0 Å². The molecule has 2 aliphatic heterocycles.